The fourth-order valence-corrected chi connectivity index (χ4v) is 0.830. The van der Waals surface area contributed by atoms with Gasteiger partial charge in [0.05, 0.1) is 0 Å². The lowest BCUT2D eigenvalue weighted by Crippen LogP contribution is -2.26. The fourth-order valence-electron chi connectivity index (χ4n) is 0.830. The third kappa shape index (κ3) is 6.22. The molecule has 1 unspecified atom stereocenters. The highest BCUT2D eigenvalue weighted by Crippen LogP contribution is 2.03. The first-order valence-corrected chi connectivity index (χ1v) is 4.42. The maximum Gasteiger partial charge on any atom is 0.348 e. The van der Waals surface area contributed by atoms with Crippen LogP contribution in [-0.2, 0) is 23.8 Å². The minimum absolute atomic E-state index is 0.0603. The first-order chi connectivity index (χ1) is 7.76. The third-order valence-electron chi connectivity index (χ3n) is 1.50. The first-order valence-electron chi connectivity index (χ1n) is 4.42. The molecule has 7 heteroatoms. The second kappa shape index (κ2) is 9.28. The molecule has 0 aliphatic rings. The number of carbonyl (C=O) groups is 2. The van der Waals surface area contributed by atoms with Crippen molar-refractivity contribution in [3.63, 3.8) is 0 Å². The van der Waals surface area contributed by atoms with Crippen LogP contribution in [-0.4, -0.2) is 31.6 Å². The van der Waals surface area contributed by atoms with E-state index >= 15 is 0 Å². The van der Waals surface area contributed by atoms with E-state index in [-0.39, 0.29) is 26.1 Å². The summed E-state index contributed by atoms with van der Waals surface area (Å²) in [5.74, 6) is -0.759. The molecule has 0 aliphatic carbocycles. The van der Waals surface area contributed by atoms with Crippen LogP contribution in [0.5, 0.6) is 0 Å². The molecule has 0 aromatic carbocycles. The first kappa shape index (κ1) is 13.7. The molecule has 0 saturated carbocycles. The van der Waals surface area contributed by atoms with E-state index in [4.69, 9.17) is 10.5 Å². The zero-order valence-electron chi connectivity index (χ0n) is 8.42. The molecular weight excluding hydrogens is 216 g/mol. The van der Waals surface area contributed by atoms with E-state index in [1.807, 2.05) is 0 Å². The summed E-state index contributed by atoms with van der Waals surface area (Å²) in [5.41, 5.74) is 0. The van der Waals surface area contributed by atoms with Crippen LogP contribution in [0, 0.1) is 23.0 Å². The van der Waals surface area contributed by atoms with Gasteiger partial charge in [0.1, 0.15) is 19.5 Å². The number of rotatable bonds is 8. The SMILES string of the molecule is N#COCCOC(=O)C(CCC=O)OC#N. The van der Waals surface area contributed by atoms with Crippen molar-refractivity contribution in [3.8, 4) is 12.5 Å². The quantitative estimate of drug-likeness (QED) is 0.245. The monoisotopic (exact) mass is 226 g/mol. The Bertz CT molecular complexity index is 304. The van der Waals surface area contributed by atoms with Gasteiger partial charge in [0.2, 0.25) is 6.10 Å². The Hall–Kier alpha value is -2.28. The summed E-state index contributed by atoms with van der Waals surface area (Å²) in [5, 5.41) is 16.3. The molecule has 16 heavy (non-hydrogen) atoms. The van der Waals surface area contributed by atoms with E-state index in [1.165, 1.54) is 12.5 Å². The smallest absolute Gasteiger partial charge is 0.348 e. The second-order valence-electron chi connectivity index (χ2n) is 2.55. The number of nitriles is 2. The molecule has 0 spiro atoms. The number of hydrogen-bond acceptors (Lipinski definition) is 7. The minimum atomic E-state index is -1.09. The lowest BCUT2D eigenvalue weighted by Gasteiger charge is -2.11. The van der Waals surface area contributed by atoms with Gasteiger partial charge in [-0.2, -0.15) is 10.5 Å². The van der Waals surface area contributed by atoms with E-state index in [2.05, 4.69) is 14.2 Å². The fraction of sp³-hybridized carbons (Fsp3) is 0.556. The van der Waals surface area contributed by atoms with Crippen molar-refractivity contribution in [2.45, 2.75) is 18.9 Å². The van der Waals surface area contributed by atoms with E-state index in [1.54, 1.807) is 0 Å². The predicted molar refractivity (Wildman–Crippen MR) is 48.3 cm³/mol. The highest BCUT2D eigenvalue weighted by atomic mass is 16.6. The standard InChI is InChI=1S/C9H10N2O5/c10-6-14-4-5-15-9(13)8(16-7-11)2-1-3-12/h3,8H,1-2,4-5H2. The molecule has 0 rings (SSSR count). The molecule has 0 N–H and O–H groups in total. The van der Waals surface area contributed by atoms with Gasteiger partial charge < -0.3 is 19.0 Å². The Morgan fingerprint density at radius 2 is 2.06 bits per heavy atom. The van der Waals surface area contributed by atoms with Crippen LogP contribution >= 0.6 is 0 Å². The molecule has 0 amide bonds. The van der Waals surface area contributed by atoms with E-state index < -0.39 is 12.1 Å². The normalized spacial score (nSPS) is 10.4. The van der Waals surface area contributed by atoms with E-state index in [0.29, 0.717) is 6.29 Å². The van der Waals surface area contributed by atoms with E-state index in [0.717, 1.165) is 0 Å². The van der Waals surface area contributed by atoms with Gasteiger partial charge in [0, 0.05) is 12.8 Å². The molecule has 0 aromatic heterocycles. The lowest BCUT2D eigenvalue weighted by atomic mass is 10.2. The highest BCUT2D eigenvalue weighted by Gasteiger charge is 2.21. The van der Waals surface area contributed by atoms with Gasteiger partial charge in [0.15, 0.2) is 0 Å². The van der Waals surface area contributed by atoms with Gasteiger partial charge >= 0.3 is 5.97 Å². The Labute approximate surface area is 92.1 Å². The zero-order valence-corrected chi connectivity index (χ0v) is 8.42. The molecule has 0 fully saturated rings. The van der Waals surface area contributed by atoms with Gasteiger partial charge in [0.25, 0.3) is 12.5 Å². The lowest BCUT2D eigenvalue weighted by molar-refractivity contribution is -0.154. The van der Waals surface area contributed by atoms with Crippen LogP contribution < -0.4 is 0 Å². The molecule has 86 valence electrons. The predicted octanol–water partition coefficient (Wildman–Crippen LogP) is -0.127. The number of carbonyl (C=O) groups excluding carboxylic acids is 2. The number of aldehydes is 1. The van der Waals surface area contributed by atoms with Crippen molar-refractivity contribution in [2.75, 3.05) is 13.2 Å². The van der Waals surface area contributed by atoms with Crippen LogP contribution in [0.2, 0.25) is 0 Å². The van der Waals surface area contributed by atoms with Crippen LogP contribution in [0.4, 0.5) is 0 Å². The maximum atomic E-state index is 11.2. The van der Waals surface area contributed by atoms with Gasteiger partial charge in [-0.25, -0.2) is 4.79 Å². The number of hydrogen-bond donors (Lipinski definition) is 0. The largest absolute Gasteiger partial charge is 0.459 e. The Morgan fingerprint density at radius 3 is 2.62 bits per heavy atom. The summed E-state index contributed by atoms with van der Waals surface area (Å²) in [4.78, 5) is 21.3. The maximum absolute atomic E-state index is 11.2. The summed E-state index contributed by atoms with van der Waals surface area (Å²) in [6, 6.07) is 0. The number of nitrogens with zero attached hydrogens (tertiary/aromatic N) is 2. The van der Waals surface area contributed by atoms with Gasteiger partial charge in [-0.15, -0.1) is 0 Å². The van der Waals surface area contributed by atoms with Crippen LogP contribution in [0.25, 0.3) is 0 Å². The molecule has 0 radical (unpaired) electrons. The summed E-state index contributed by atoms with van der Waals surface area (Å²) in [7, 11) is 0. The van der Waals surface area contributed by atoms with Crippen molar-refractivity contribution < 1.29 is 23.8 Å². The minimum Gasteiger partial charge on any atom is -0.459 e. The van der Waals surface area contributed by atoms with Crippen LogP contribution in [0.1, 0.15) is 12.8 Å². The summed E-state index contributed by atoms with van der Waals surface area (Å²) < 4.78 is 13.3. The van der Waals surface area contributed by atoms with Crippen LogP contribution in [0.15, 0.2) is 0 Å². The average molecular weight is 226 g/mol. The molecule has 1 atom stereocenters. The third-order valence-corrected chi connectivity index (χ3v) is 1.50. The highest BCUT2D eigenvalue weighted by molar-refractivity contribution is 5.75. The van der Waals surface area contributed by atoms with Crippen molar-refractivity contribution in [1.29, 1.82) is 10.5 Å². The van der Waals surface area contributed by atoms with Crippen LogP contribution in [0.3, 0.4) is 0 Å². The van der Waals surface area contributed by atoms with Crippen molar-refractivity contribution in [3.05, 3.63) is 0 Å². The summed E-state index contributed by atoms with van der Waals surface area (Å²) >= 11 is 0. The van der Waals surface area contributed by atoms with Gasteiger partial charge in [-0.1, -0.05) is 0 Å². The molecular formula is C9H10N2O5. The van der Waals surface area contributed by atoms with Gasteiger partial charge in [-0.3, -0.25) is 0 Å². The summed E-state index contributed by atoms with van der Waals surface area (Å²) in [6.07, 6.45) is 2.46. The molecule has 0 aliphatic heterocycles. The van der Waals surface area contributed by atoms with Crippen molar-refractivity contribution in [1.82, 2.24) is 0 Å². The summed E-state index contributed by atoms with van der Waals surface area (Å²) in [6.45, 7) is -0.173. The number of ether oxygens (including phenoxy) is 3. The van der Waals surface area contributed by atoms with E-state index in [9.17, 15) is 9.59 Å². The zero-order chi connectivity index (χ0) is 12.2. The molecule has 0 heterocycles. The van der Waals surface area contributed by atoms with Gasteiger partial charge in [-0.05, 0) is 0 Å². The average Bonchev–Trinajstić information content (AvgIpc) is 2.29. The molecule has 0 aromatic rings. The Morgan fingerprint density at radius 1 is 1.31 bits per heavy atom. The van der Waals surface area contributed by atoms with Crippen molar-refractivity contribution in [2.24, 2.45) is 0 Å². The molecule has 0 bridgehead atoms. The second-order valence-corrected chi connectivity index (χ2v) is 2.55. The Balaban J connectivity index is 3.92. The topological polar surface area (TPSA) is 109 Å². The Kier molecular flexibility index (Phi) is 7.96. The number of esters is 1. The molecule has 7 nitrogen and oxygen atoms in total. The molecule has 0 saturated heterocycles. The van der Waals surface area contributed by atoms with Crippen molar-refractivity contribution >= 4 is 12.3 Å².